The van der Waals surface area contributed by atoms with Gasteiger partial charge in [0.25, 0.3) is 0 Å². The number of anilines is 1. The number of nitrogens with zero attached hydrogens (tertiary/aromatic N) is 4. The van der Waals surface area contributed by atoms with Crippen LogP contribution in [0.2, 0.25) is 0 Å². The van der Waals surface area contributed by atoms with Crippen molar-refractivity contribution in [2.45, 2.75) is 23.9 Å². The molecule has 0 aromatic carbocycles. The van der Waals surface area contributed by atoms with Gasteiger partial charge in [-0.25, -0.2) is 9.50 Å². The van der Waals surface area contributed by atoms with Crippen LogP contribution in [0.5, 0.6) is 0 Å². The van der Waals surface area contributed by atoms with E-state index in [4.69, 9.17) is 10.5 Å². The number of ether oxygens (including phenoxy) is 1. The second-order valence-electron chi connectivity index (χ2n) is 4.78. The van der Waals surface area contributed by atoms with E-state index in [0.717, 1.165) is 0 Å². The lowest BCUT2D eigenvalue weighted by atomic mass is 9.92. The fraction of sp³-hybridized carbons (Fsp3) is 0.417. The Morgan fingerprint density at radius 2 is 2.24 bits per heavy atom. The van der Waals surface area contributed by atoms with Crippen LogP contribution >= 0.6 is 0 Å². The van der Waals surface area contributed by atoms with Crippen molar-refractivity contribution in [2.75, 3.05) is 12.3 Å². The Balaban J connectivity index is 2.20. The molecule has 9 nitrogen and oxygen atoms in total. The first kappa shape index (κ1) is 13.7. The molecule has 1 fully saturated rings. The maximum absolute atomic E-state index is 10.2. The molecule has 1 aliphatic heterocycles. The smallest absolute Gasteiger partial charge is 0.225 e. The lowest BCUT2D eigenvalue weighted by Crippen LogP contribution is -2.40. The fourth-order valence-electron chi connectivity index (χ4n) is 2.56. The standard InChI is InChI=1S/C12H13N5O4/c13-4-12(10(20)9(19)7(3-18)21-12)8-2-1-6-11(14)15-5-16-17(6)8/h1-2,5,7,9-10,18-20H,3H2,(H2,14,15,16)/t7-,9+,10?,12+/m1/s1. The highest BCUT2D eigenvalue weighted by Gasteiger charge is 2.57. The van der Waals surface area contributed by atoms with Crippen LogP contribution in [0.25, 0.3) is 5.52 Å². The minimum Gasteiger partial charge on any atom is -0.394 e. The van der Waals surface area contributed by atoms with E-state index in [1.54, 1.807) is 6.07 Å². The lowest BCUT2D eigenvalue weighted by Gasteiger charge is -2.24. The molecule has 4 atom stereocenters. The number of nitriles is 1. The van der Waals surface area contributed by atoms with Gasteiger partial charge in [-0.3, -0.25) is 0 Å². The van der Waals surface area contributed by atoms with Crippen molar-refractivity contribution >= 4 is 11.3 Å². The Hall–Kier alpha value is -2.25. The Morgan fingerprint density at radius 1 is 1.48 bits per heavy atom. The van der Waals surface area contributed by atoms with E-state index in [1.807, 2.05) is 6.07 Å². The minimum absolute atomic E-state index is 0.205. The maximum Gasteiger partial charge on any atom is 0.225 e. The predicted octanol–water partition coefficient (Wildman–Crippen LogP) is -1.86. The SMILES string of the molecule is N#C[C@@]1(c2ccc3c(N)ncnn23)O[C@H](CO)[C@H](O)C1O. The summed E-state index contributed by atoms with van der Waals surface area (Å²) >= 11 is 0. The summed E-state index contributed by atoms with van der Waals surface area (Å²) < 4.78 is 6.75. The highest BCUT2D eigenvalue weighted by Crippen LogP contribution is 2.40. The van der Waals surface area contributed by atoms with Crippen molar-refractivity contribution in [3.05, 3.63) is 24.2 Å². The second-order valence-corrected chi connectivity index (χ2v) is 4.78. The predicted molar refractivity (Wildman–Crippen MR) is 68.7 cm³/mol. The molecule has 5 N–H and O–H groups in total. The molecule has 2 aromatic rings. The average Bonchev–Trinajstić information content (AvgIpc) is 3.03. The average molecular weight is 291 g/mol. The van der Waals surface area contributed by atoms with E-state index in [1.165, 1.54) is 16.9 Å². The molecule has 3 rings (SSSR count). The molecule has 1 aliphatic rings. The van der Waals surface area contributed by atoms with Crippen LogP contribution in [0.3, 0.4) is 0 Å². The van der Waals surface area contributed by atoms with E-state index in [0.29, 0.717) is 5.52 Å². The summed E-state index contributed by atoms with van der Waals surface area (Å²) in [6.45, 7) is -0.526. The van der Waals surface area contributed by atoms with Crippen molar-refractivity contribution < 1.29 is 20.1 Å². The number of nitrogens with two attached hydrogens (primary N) is 1. The monoisotopic (exact) mass is 291 g/mol. The first-order valence-corrected chi connectivity index (χ1v) is 6.20. The highest BCUT2D eigenvalue weighted by molar-refractivity contribution is 5.66. The van der Waals surface area contributed by atoms with Gasteiger partial charge >= 0.3 is 0 Å². The number of hydrogen-bond donors (Lipinski definition) is 4. The third-order valence-corrected chi connectivity index (χ3v) is 3.67. The topological polar surface area (TPSA) is 150 Å². The molecule has 9 heteroatoms. The molecule has 0 saturated carbocycles. The zero-order valence-corrected chi connectivity index (χ0v) is 10.8. The minimum atomic E-state index is -1.85. The summed E-state index contributed by atoms with van der Waals surface area (Å²) in [6.07, 6.45) is -2.78. The molecule has 0 bridgehead atoms. The number of rotatable bonds is 2. The van der Waals surface area contributed by atoms with Crippen LogP contribution in [0.15, 0.2) is 18.5 Å². The van der Waals surface area contributed by atoms with E-state index < -0.39 is 30.5 Å². The van der Waals surface area contributed by atoms with Crippen molar-refractivity contribution in [2.24, 2.45) is 0 Å². The van der Waals surface area contributed by atoms with Crippen molar-refractivity contribution in [3.8, 4) is 6.07 Å². The maximum atomic E-state index is 10.2. The normalized spacial score (nSPS) is 32.4. The fourth-order valence-corrected chi connectivity index (χ4v) is 2.56. The molecule has 1 unspecified atom stereocenters. The van der Waals surface area contributed by atoms with E-state index in [2.05, 4.69) is 10.1 Å². The number of aliphatic hydroxyl groups excluding tert-OH is 3. The molecular formula is C12H13N5O4. The Morgan fingerprint density at radius 3 is 2.86 bits per heavy atom. The molecular weight excluding hydrogens is 278 g/mol. The molecule has 0 spiro atoms. The van der Waals surface area contributed by atoms with Crippen molar-refractivity contribution in [1.82, 2.24) is 14.6 Å². The number of nitrogen functional groups attached to an aromatic ring is 1. The van der Waals surface area contributed by atoms with Gasteiger partial charge in [-0.05, 0) is 12.1 Å². The lowest BCUT2D eigenvalue weighted by molar-refractivity contribution is -0.0643. The van der Waals surface area contributed by atoms with Gasteiger partial charge in [0, 0.05) is 0 Å². The zero-order chi connectivity index (χ0) is 15.2. The molecule has 21 heavy (non-hydrogen) atoms. The molecule has 0 radical (unpaired) electrons. The Bertz CT molecular complexity index is 726. The molecule has 1 saturated heterocycles. The first-order valence-electron chi connectivity index (χ1n) is 6.20. The third kappa shape index (κ3) is 1.71. The van der Waals surface area contributed by atoms with Gasteiger partial charge in [0.15, 0.2) is 5.82 Å². The van der Waals surface area contributed by atoms with Crippen molar-refractivity contribution in [3.63, 3.8) is 0 Å². The highest BCUT2D eigenvalue weighted by atomic mass is 16.6. The zero-order valence-electron chi connectivity index (χ0n) is 10.8. The number of fused-ring (bicyclic) bond motifs is 1. The van der Waals surface area contributed by atoms with Crippen LogP contribution in [0, 0.1) is 11.3 Å². The van der Waals surface area contributed by atoms with Gasteiger partial charge in [0.1, 0.15) is 36.2 Å². The number of aromatic nitrogens is 3. The Kier molecular flexibility index (Phi) is 3.03. The summed E-state index contributed by atoms with van der Waals surface area (Å²) in [5, 5.41) is 42.8. The molecule has 0 aliphatic carbocycles. The third-order valence-electron chi connectivity index (χ3n) is 3.67. The van der Waals surface area contributed by atoms with Gasteiger partial charge < -0.3 is 25.8 Å². The number of aliphatic hydroxyl groups is 3. The molecule has 2 aromatic heterocycles. The van der Waals surface area contributed by atoms with Crippen LogP contribution in [0.4, 0.5) is 5.82 Å². The molecule has 0 amide bonds. The van der Waals surface area contributed by atoms with Gasteiger partial charge in [0.2, 0.25) is 5.60 Å². The van der Waals surface area contributed by atoms with E-state index >= 15 is 0 Å². The van der Waals surface area contributed by atoms with Gasteiger partial charge in [-0.15, -0.1) is 0 Å². The molecule has 3 heterocycles. The van der Waals surface area contributed by atoms with Crippen LogP contribution in [0.1, 0.15) is 5.69 Å². The summed E-state index contributed by atoms with van der Waals surface area (Å²) in [4.78, 5) is 3.83. The summed E-state index contributed by atoms with van der Waals surface area (Å²) in [7, 11) is 0. The Labute approximate surface area is 118 Å². The summed E-state index contributed by atoms with van der Waals surface area (Å²) in [5.41, 5.74) is 4.52. The van der Waals surface area contributed by atoms with Crippen LogP contribution in [-0.2, 0) is 10.3 Å². The van der Waals surface area contributed by atoms with Crippen molar-refractivity contribution in [1.29, 1.82) is 5.26 Å². The second kappa shape index (κ2) is 4.64. The van der Waals surface area contributed by atoms with Crippen LogP contribution in [-0.4, -0.2) is 54.8 Å². The largest absolute Gasteiger partial charge is 0.394 e. The summed E-state index contributed by atoms with van der Waals surface area (Å²) in [6, 6.07) is 4.97. The van der Waals surface area contributed by atoms with Gasteiger partial charge in [0.05, 0.1) is 12.3 Å². The first-order chi connectivity index (χ1) is 10.0. The van der Waals surface area contributed by atoms with Gasteiger partial charge in [-0.2, -0.15) is 10.4 Å². The van der Waals surface area contributed by atoms with E-state index in [-0.39, 0.29) is 11.5 Å². The van der Waals surface area contributed by atoms with Gasteiger partial charge in [-0.1, -0.05) is 0 Å². The quantitative estimate of drug-likeness (QED) is 0.503. The van der Waals surface area contributed by atoms with Crippen LogP contribution < -0.4 is 5.73 Å². The number of hydrogen-bond acceptors (Lipinski definition) is 8. The molecule has 110 valence electrons. The van der Waals surface area contributed by atoms with E-state index in [9.17, 15) is 20.6 Å². The summed E-state index contributed by atoms with van der Waals surface area (Å²) in [5.74, 6) is 0.205.